The summed E-state index contributed by atoms with van der Waals surface area (Å²) in [6.07, 6.45) is -1.40. The third-order valence-corrected chi connectivity index (χ3v) is 3.48. The van der Waals surface area contributed by atoms with Crippen molar-refractivity contribution in [1.29, 1.82) is 0 Å². The fourth-order valence-electron chi connectivity index (χ4n) is 1.67. The maximum atomic E-state index is 12.1. The van der Waals surface area contributed by atoms with Crippen molar-refractivity contribution in [2.24, 2.45) is 10.6 Å². The van der Waals surface area contributed by atoms with E-state index in [1.54, 1.807) is 20.8 Å². The number of nitrogens with zero attached hydrogens (tertiary/aromatic N) is 1. The van der Waals surface area contributed by atoms with E-state index in [0.29, 0.717) is 12.3 Å². The lowest BCUT2D eigenvalue weighted by atomic mass is 9.89. The molecule has 0 aliphatic carbocycles. The van der Waals surface area contributed by atoms with Gasteiger partial charge in [-0.1, -0.05) is 49.3 Å². The van der Waals surface area contributed by atoms with Crippen LogP contribution in [0.5, 0.6) is 0 Å². The molecule has 0 saturated carbocycles. The summed E-state index contributed by atoms with van der Waals surface area (Å²) >= 11 is 0. The summed E-state index contributed by atoms with van der Waals surface area (Å²) in [5.41, 5.74) is 1.15. The molecule has 1 aromatic rings. The van der Waals surface area contributed by atoms with E-state index in [2.05, 4.69) is 22.0 Å². The first-order chi connectivity index (χ1) is 10.8. The first-order valence-corrected chi connectivity index (χ1v) is 7.48. The van der Waals surface area contributed by atoms with Crippen molar-refractivity contribution < 1.29 is 23.1 Å². The molecule has 0 atom stereocenters. The van der Waals surface area contributed by atoms with Crippen LogP contribution in [0.3, 0.4) is 0 Å². The van der Waals surface area contributed by atoms with Crippen molar-refractivity contribution in [3.8, 4) is 0 Å². The van der Waals surface area contributed by atoms with Gasteiger partial charge >= 0.3 is 12.4 Å². The zero-order valence-corrected chi connectivity index (χ0v) is 13.7. The van der Waals surface area contributed by atoms with Crippen LogP contribution < -0.4 is 0 Å². The highest BCUT2D eigenvalue weighted by atomic mass is 19.3. The van der Waals surface area contributed by atoms with E-state index in [4.69, 9.17) is 4.84 Å². The summed E-state index contributed by atoms with van der Waals surface area (Å²) in [6.45, 7) is 5.50. The SMILES string of the molecule is C/C(=N\OCCCc1ccccc1)C(C)(C)COC(=O)C(F)F. The molecule has 6 heteroatoms. The van der Waals surface area contributed by atoms with Crippen LogP contribution in [-0.4, -0.2) is 31.3 Å². The molecule has 1 aromatic carbocycles. The molecule has 0 N–H and O–H groups in total. The van der Waals surface area contributed by atoms with E-state index in [0.717, 1.165) is 12.8 Å². The number of halogens is 2. The Labute approximate surface area is 135 Å². The van der Waals surface area contributed by atoms with Crippen LogP contribution in [0, 0.1) is 5.41 Å². The third kappa shape index (κ3) is 7.21. The number of benzene rings is 1. The van der Waals surface area contributed by atoms with Crippen LogP contribution in [0.15, 0.2) is 35.5 Å². The van der Waals surface area contributed by atoms with Gasteiger partial charge in [-0.05, 0) is 25.3 Å². The second kappa shape index (κ2) is 9.22. The van der Waals surface area contributed by atoms with Crippen molar-refractivity contribution in [1.82, 2.24) is 0 Å². The number of rotatable bonds is 9. The molecular weight excluding hydrogens is 304 g/mol. The Hall–Kier alpha value is -1.98. The lowest BCUT2D eigenvalue weighted by Gasteiger charge is -2.23. The van der Waals surface area contributed by atoms with E-state index in [-0.39, 0.29) is 6.61 Å². The minimum Gasteiger partial charge on any atom is -0.461 e. The summed E-state index contributed by atoms with van der Waals surface area (Å²) in [6, 6.07) is 10.0. The largest absolute Gasteiger partial charge is 0.461 e. The van der Waals surface area contributed by atoms with Crippen molar-refractivity contribution in [2.45, 2.75) is 40.0 Å². The summed E-state index contributed by atoms with van der Waals surface area (Å²) in [5, 5.41) is 3.99. The molecule has 0 spiro atoms. The molecule has 128 valence electrons. The summed E-state index contributed by atoms with van der Waals surface area (Å²) in [5.74, 6) is -1.52. The molecule has 0 aliphatic heterocycles. The number of hydrogen-bond acceptors (Lipinski definition) is 4. The zero-order chi connectivity index (χ0) is 17.3. The summed E-state index contributed by atoms with van der Waals surface area (Å²) in [7, 11) is 0. The number of aryl methyl sites for hydroxylation is 1. The van der Waals surface area contributed by atoms with Gasteiger partial charge in [0.2, 0.25) is 0 Å². The van der Waals surface area contributed by atoms with Crippen LogP contribution in [0.4, 0.5) is 8.78 Å². The van der Waals surface area contributed by atoms with Crippen molar-refractivity contribution >= 4 is 11.7 Å². The van der Waals surface area contributed by atoms with Gasteiger partial charge in [-0.15, -0.1) is 0 Å². The molecule has 0 bridgehead atoms. The molecule has 0 saturated heterocycles. The van der Waals surface area contributed by atoms with Gasteiger partial charge in [0.1, 0.15) is 13.2 Å². The predicted molar refractivity (Wildman–Crippen MR) is 84.6 cm³/mol. The van der Waals surface area contributed by atoms with Gasteiger partial charge in [0.15, 0.2) is 0 Å². The Morgan fingerprint density at radius 3 is 2.52 bits per heavy atom. The first kappa shape index (κ1) is 19.1. The van der Waals surface area contributed by atoms with Crippen molar-refractivity contribution in [3.63, 3.8) is 0 Å². The number of carbonyl (C=O) groups is 1. The van der Waals surface area contributed by atoms with Gasteiger partial charge in [0, 0.05) is 5.41 Å². The van der Waals surface area contributed by atoms with Gasteiger partial charge < -0.3 is 9.57 Å². The number of hydrogen-bond donors (Lipinski definition) is 0. The van der Waals surface area contributed by atoms with Gasteiger partial charge in [-0.25, -0.2) is 4.79 Å². The van der Waals surface area contributed by atoms with Crippen LogP contribution in [0.2, 0.25) is 0 Å². The number of alkyl halides is 2. The van der Waals surface area contributed by atoms with Gasteiger partial charge in [-0.3, -0.25) is 0 Å². The monoisotopic (exact) mass is 327 g/mol. The van der Waals surface area contributed by atoms with Crippen molar-refractivity contribution in [3.05, 3.63) is 35.9 Å². The molecule has 0 amide bonds. The van der Waals surface area contributed by atoms with Crippen LogP contribution in [-0.2, 0) is 20.8 Å². The number of oxime groups is 1. The second-order valence-electron chi connectivity index (χ2n) is 5.89. The molecule has 23 heavy (non-hydrogen) atoms. The maximum absolute atomic E-state index is 12.1. The summed E-state index contributed by atoms with van der Waals surface area (Å²) in [4.78, 5) is 16.1. The van der Waals surface area contributed by atoms with Crippen molar-refractivity contribution in [2.75, 3.05) is 13.2 Å². The smallest absolute Gasteiger partial charge is 0.373 e. The molecule has 4 nitrogen and oxygen atoms in total. The molecule has 1 rings (SSSR count). The molecule has 0 unspecified atom stereocenters. The Balaban J connectivity index is 2.32. The van der Waals surface area contributed by atoms with Gasteiger partial charge in [0.25, 0.3) is 0 Å². The lowest BCUT2D eigenvalue weighted by Crippen LogP contribution is -2.30. The quantitative estimate of drug-likeness (QED) is 0.300. The molecule has 0 fully saturated rings. The average molecular weight is 327 g/mol. The molecule has 0 heterocycles. The molecule has 0 radical (unpaired) electrons. The maximum Gasteiger partial charge on any atom is 0.373 e. The highest BCUT2D eigenvalue weighted by Gasteiger charge is 2.27. The molecular formula is C17H23F2NO3. The van der Waals surface area contributed by atoms with Crippen LogP contribution >= 0.6 is 0 Å². The first-order valence-electron chi connectivity index (χ1n) is 7.48. The zero-order valence-electron chi connectivity index (χ0n) is 13.7. The molecule has 0 aromatic heterocycles. The Bertz CT molecular complexity index is 516. The van der Waals surface area contributed by atoms with Crippen LogP contribution in [0.25, 0.3) is 0 Å². The molecule has 0 aliphatic rings. The third-order valence-electron chi connectivity index (χ3n) is 3.48. The van der Waals surface area contributed by atoms with E-state index in [1.807, 2.05) is 18.2 Å². The number of carbonyl (C=O) groups excluding carboxylic acids is 1. The summed E-state index contributed by atoms with van der Waals surface area (Å²) < 4.78 is 28.8. The fraction of sp³-hybridized carbons (Fsp3) is 0.529. The topological polar surface area (TPSA) is 47.9 Å². The highest BCUT2D eigenvalue weighted by Crippen LogP contribution is 2.19. The number of esters is 1. The average Bonchev–Trinajstić information content (AvgIpc) is 2.53. The minimum absolute atomic E-state index is 0.168. The highest BCUT2D eigenvalue weighted by molar-refractivity contribution is 5.87. The number of ether oxygens (including phenoxy) is 1. The lowest BCUT2D eigenvalue weighted by molar-refractivity contribution is -0.158. The Morgan fingerprint density at radius 2 is 1.91 bits per heavy atom. The van der Waals surface area contributed by atoms with E-state index in [1.165, 1.54) is 5.56 Å². The van der Waals surface area contributed by atoms with E-state index < -0.39 is 17.8 Å². The van der Waals surface area contributed by atoms with E-state index in [9.17, 15) is 13.6 Å². The standard InChI is InChI=1S/C17H23F2NO3/c1-13(17(2,3)12-22-16(21)15(18)19)20-23-11-7-10-14-8-5-4-6-9-14/h4-6,8-9,15H,7,10-12H2,1-3H3/b20-13+. The predicted octanol–water partition coefficient (Wildman–Crippen LogP) is 3.85. The van der Waals surface area contributed by atoms with E-state index >= 15 is 0 Å². The second-order valence-corrected chi connectivity index (χ2v) is 5.89. The van der Waals surface area contributed by atoms with Gasteiger partial charge in [-0.2, -0.15) is 8.78 Å². The normalized spacial score (nSPS) is 12.3. The Kier molecular flexibility index (Phi) is 7.65. The minimum atomic E-state index is -3.11. The van der Waals surface area contributed by atoms with Gasteiger partial charge in [0.05, 0.1) is 5.71 Å². The van der Waals surface area contributed by atoms with Crippen LogP contribution in [0.1, 0.15) is 32.8 Å². The fourth-order valence-corrected chi connectivity index (χ4v) is 1.67. The Morgan fingerprint density at radius 1 is 1.26 bits per heavy atom.